The van der Waals surface area contributed by atoms with Gasteiger partial charge in [-0.25, -0.2) is 8.78 Å². The number of carbonyl (C=O) groups is 2. The van der Waals surface area contributed by atoms with Crippen molar-refractivity contribution in [1.82, 2.24) is 5.32 Å². The fourth-order valence-corrected chi connectivity index (χ4v) is 2.95. The van der Waals surface area contributed by atoms with Gasteiger partial charge in [-0.15, -0.1) is 0 Å². The number of ether oxygens (including phenoxy) is 1. The first-order valence-electron chi connectivity index (χ1n) is 7.69. The number of nitrogens with zero attached hydrogens (tertiary/aromatic N) is 1. The average Bonchev–Trinajstić information content (AvgIpc) is 3.17. The van der Waals surface area contributed by atoms with E-state index in [0.717, 1.165) is 25.0 Å². The summed E-state index contributed by atoms with van der Waals surface area (Å²) in [6, 6.07) is 3.28. The second-order valence-electron chi connectivity index (χ2n) is 5.88. The van der Waals surface area contributed by atoms with Gasteiger partial charge in [0.05, 0.1) is 12.0 Å². The van der Waals surface area contributed by atoms with Crippen LogP contribution in [0.2, 0.25) is 0 Å². The van der Waals surface area contributed by atoms with E-state index < -0.39 is 17.6 Å². The lowest BCUT2D eigenvalue weighted by Crippen LogP contribution is -2.37. The Balaban J connectivity index is 1.59. The van der Waals surface area contributed by atoms with Gasteiger partial charge >= 0.3 is 0 Å². The summed E-state index contributed by atoms with van der Waals surface area (Å²) in [5.74, 6) is -2.95. The maximum atomic E-state index is 13.3. The van der Waals surface area contributed by atoms with E-state index in [-0.39, 0.29) is 36.6 Å². The number of rotatable bonds is 4. The number of carbonyl (C=O) groups excluding carboxylic acids is 2. The van der Waals surface area contributed by atoms with Gasteiger partial charge in [0.2, 0.25) is 11.8 Å². The van der Waals surface area contributed by atoms with Crippen LogP contribution >= 0.6 is 0 Å². The number of hydrogen-bond donors (Lipinski definition) is 1. The van der Waals surface area contributed by atoms with Gasteiger partial charge in [-0.1, -0.05) is 0 Å². The summed E-state index contributed by atoms with van der Waals surface area (Å²) in [7, 11) is 0. The van der Waals surface area contributed by atoms with Crippen LogP contribution in [-0.2, 0) is 14.3 Å². The predicted molar refractivity (Wildman–Crippen MR) is 78.8 cm³/mol. The first-order chi connectivity index (χ1) is 11.0. The molecule has 2 saturated heterocycles. The molecule has 2 heterocycles. The lowest BCUT2D eigenvalue weighted by Gasteiger charge is -2.17. The number of hydrogen-bond acceptors (Lipinski definition) is 3. The highest BCUT2D eigenvalue weighted by molar-refractivity contribution is 6.00. The molecule has 0 aliphatic carbocycles. The van der Waals surface area contributed by atoms with Gasteiger partial charge in [0.25, 0.3) is 0 Å². The molecular weight excluding hydrogens is 306 g/mol. The van der Waals surface area contributed by atoms with Crippen molar-refractivity contribution >= 4 is 17.5 Å². The van der Waals surface area contributed by atoms with E-state index >= 15 is 0 Å². The number of benzene rings is 1. The molecule has 23 heavy (non-hydrogen) atoms. The van der Waals surface area contributed by atoms with Crippen molar-refractivity contribution in [2.24, 2.45) is 5.92 Å². The molecule has 0 aromatic heterocycles. The van der Waals surface area contributed by atoms with Crippen LogP contribution in [0.25, 0.3) is 0 Å². The first kappa shape index (κ1) is 15.9. The fourth-order valence-electron chi connectivity index (χ4n) is 2.95. The van der Waals surface area contributed by atoms with Crippen LogP contribution < -0.4 is 10.2 Å². The molecule has 2 aliphatic heterocycles. The van der Waals surface area contributed by atoms with E-state index in [1.54, 1.807) is 0 Å². The van der Waals surface area contributed by atoms with Gasteiger partial charge < -0.3 is 15.0 Å². The zero-order valence-corrected chi connectivity index (χ0v) is 12.6. The third-order valence-electron chi connectivity index (χ3n) is 4.24. The zero-order chi connectivity index (χ0) is 16.4. The van der Waals surface area contributed by atoms with Gasteiger partial charge in [-0.2, -0.15) is 0 Å². The van der Waals surface area contributed by atoms with Gasteiger partial charge in [-0.05, 0) is 25.0 Å². The number of anilines is 1. The highest BCUT2D eigenvalue weighted by Crippen LogP contribution is 2.26. The van der Waals surface area contributed by atoms with Crippen molar-refractivity contribution in [2.75, 3.05) is 24.6 Å². The molecule has 2 unspecified atom stereocenters. The molecule has 3 rings (SSSR count). The minimum Gasteiger partial charge on any atom is -0.376 e. The van der Waals surface area contributed by atoms with Crippen LogP contribution in [0, 0.1) is 17.6 Å². The normalized spacial score (nSPS) is 24.3. The molecule has 124 valence electrons. The Bertz CT molecular complexity index is 617. The molecule has 2 fully saturated rings. The summed E-state index contributed by atoms with van der Waals surface area (Å²) in [5.41, 5.74) is 0.267. The SMILES string of the molecule is O=C(NCC1CCCO1)C1CC(=O)N(c2ccc(F)c(F)c2)C1. The highest BCUT2D eigenvalue weighted by Gasteiger charge is 2.35. The van der Waals surface area contributed by atoms with Crippen molar-refractivity contribution in [2.45, 2.75) is 25.4 Å². The van der Waals surface area contributed by atoms with Gasteiger partial charge in [0.15, 0.2) is 11.6 Å². The van der Waals surface area contributed by atoms with Crippen LogP contribution in [0.4, 0.5) is 14.5 Å². The third kappa shape index (κ3) is 3.50. The van der Waals surface area contributed by atoms with Gasteiger partial charge in [0, 0.05) is 37.9 Å². The van der Waals surface area contributed by atoms with E-state index in [4.69, 9.17) is 4.74 Å². The number of amides is 2. The second kappa shape index (κ2) is 6.62. The predicted octanol–water partition coefficient (Wildman–Crippen LogP) is 1.61. The smallest absolute Gasteiger partial charge is 0.227 e. The molecular formula is C16H18F2N2O3. The molecule has 7 heteroatoms. The molecule has 5 nitrogen and oxygen atoms in total. The molecule has 0 spiro atoms. The van der Waals surface area contributed by atoms with Crippen molar-refractivity contribution in [3.05, 3.63) is 29.8 Å². The Morgan fingerprint density at radius 1 is 1.35 bits per heavy atom. The molecule has 1 aromatic rings. The number of halogens is 2. The van der Waals surface area contributed by atoms with Crippen molar-refractivity contribution in [3.8, 4) is 0 Å². The quantitative estimate of drug-likeness (QED) is 0.915. The van der Waals surface area contributed by atoms with Crippen molar-refractivity contribution in [1.29, 1.82) is 0 Å². The summed E-state index contributed by atoms with van der Waals surface area (Å²) in [4.78, 5) is 25.5. The monoisotopic (exact) mass is 324 g/mol. The number of nitrogens with one attached hydrogen (secondary N) is 1. The molecule has 1 N–H and O–H groups in total. The Morgan fingerprint density at radius 2 is 2.17 bits per heavy atom. The third-order valence-corrected chi connectivity index (χ3v) is 4.24. The molecule has 2 amide bonds. The van der Waals surface area contributed by atoms with E-state index in [1.165, 1.54) is 11.0 Å². The van der Waals surface area contributed by atoms with Crippen LogP contribution in [0.15, 0.2) is 18.2 Å². The van der Waals surface area contributed by atoms with E-state index in [1.807, 2.05) is 0 Å². The maximum absolute atomic E-state index is 13.3. The lowest BCUT2D eigenvalue weighted by molar-refractivity contribution is -0.126. The Labute approximate surface area is 132 Å². The fraction of sp³-hybridized carbons (Fsp3) is 0.500. The zero-order valence-electron chi connectivity index (χ0n) is 12.6. The molecule has 2 atom stereocenters. The average molecular weight is 324 g/mol. The summed E-state index contributed by atoms with van der Waals surface area (Å²) >= 11 is 0. The van der Waals surface area contributed by atoms with E-state index in [0.29, 0.717) is 13.2 Å². The summed E-state index contributed by atoms with van der Waals surface area (Å²) in [6.45, 7) is 1.32. The summed E-state index contributed by atoms with van der Waals surface area (Å²) in [6.07, 6.45) is 2.02. The largest absolute Gasteiger partial charge is 0.376 e. The van der Waals surface area contributed by atoms with Crippen LogP contribution in [0.1, 0.15) is 19.3 Å². The van der Waals surface area contributed by atoms with Gasteiger partial charge in [-0.3, -0.25) is 9.59 Å². The van der Waals surface area contributed by atoms with Crippen LogP contribution in [-0.4, -0.2) is 37.6 Å². The van der Waals surface area contributed by atoms with Crippen molar-refractivity contribution in [3.63, 3.8) is 0 Å². The summed E-state index contributed by atoms with van der Waals surface area (Å²) in [5, 5.41) is 2.80. The molecule has 0 bridgehead atoms. The minimum absolute atomic E-state index is 0.0401. The van der Waals surface area contributed by atoms with Crippen LogP contribution in [0.3, 0.4) is 0 Å². The maximum Gasteiger partial charge on any atom is 0.227 e. The van der Waals surface area contributed by atoms with E-state index in [9.17, 15) is 18.4 Å². The minimum atomic E-state index is -1.01. The topological polar surface area (TPSA) is 58.6 Å². The second-order valence-corrected chi connectivity index (χ2v) is 5.88. The standard InChI is InChI=1S/C16H18F2N2O3/c17-13-4-3-11(7-14(13)18)20-9-10(6-15(20)21)16(22)19-8-12-2-1-5-23-12/h3-4,7,10,12H,1-2,5-6,8-9H2,(H,19,22). The summed E-state index contributed by atoms with van der Waals surface area (Å²) < 4.78 is 31.7. The lowest BCUT2D eigenvalue weighted by atomic mass is 10.1. The Kier molecular flexibility index (Phi) is 4.56. The van der Waals surface area contributed by atoms with Crippen LogP contribution in [0.5, 0.6) is 0 Å². The Morgan fingerprint density at radius 3 is 2.87 bits per heavy atom. The molecule has 1 aromatic carbocycles. The highest BCUT2D eigenvalue weighted by atomic mass is 19.2. The molecule has 0 radical (unpaired) electrons. The molecule has 0 saturated carbocycles. The molecule has 2 aliphatic rings. The van der Waals surface area contributed by atoms with Crippen molar-refractivity contribution < 1.29 is 23.1 Å². The van der Waals surface area contributed by atoms with E-state index in [2.05, 4.69) is 5.32 Å². The Hall–Kier alpha value is -2.02. The first-order valence-corrected chi connectivity index (χ1v) is 7.69. The van der Waals surface area contributed by atoms with Gasteiger partial charge in [0.1, 0.15) is 0 Å².